The molecule has 0 saturated carbocycles. The van der Waals surface area contributed by atoms with Gasteiger partial charge in [-0.3, -0.25) is 0 Å². The van der Waals surface area contributed by atoms with Crippen molar-refractivity contribution >= 4 is 27.3 Å². The number of nitrogens with one attached hydrogen (secondary N) is 1. The Morgan fingerprint density at radius 1 is 1.62 bits per heavy atom. The van der Waals surface area contributed by atoms with E-state index in [0.717, 1.165) is 20.1 Å². The number of imidazole rings is 1. The van der Waals surface area contributed by atoms with Crippen molar-refractivity contribution < 1.29 is 4.74 Å². The highest BCUT2D eigenvalue weighted by Crippen LogP contribution is 2.39. The summed E-state index contributed by atoms with van der Waals surface area (Å²) in [5.41, 5.74) is 1.01. The molecule has 0 bridgehead atoms. The zero-order chi connectivity index (χ0) is 9.26. The number of aromatic nitrogens is 2. The SMILES string of the molecule is COc1sc(-c2cnc[nH]2)cc1Br. The zero-order valence-corrected chi connectivity index (χ0v) is 9.28. The van der Waals surface area contributed by atoms with Crippen molar-refractivity contribution in [3.63, 3.8) is 0 Å². The maximum absolute atomic E-state index is 5.16. The van der Waals surface area contributed by atoms with E-state index in [9.17, 15) is 0 Å². The van der Waals surface area contributed by atoms with Gasteiger partial charge in [0.2, 0.25) is 0 Å². The van der Waals surface area contributed by atoms with Crippen molar-refractivity contribution in [3.05, 3.63) is 23.1 Å². The van der Waals surface area contributed by atoms with Crippen LogP contribution in [0.4, 0.5) is 0 Å². The summed E-state index contributed by atoms with van der Waals surface area (Å²) in [5, 5.41) is 0.879. The summed E-state index contributed by atoms with van der Waals surface area (Å²) in [4.78, 5) is 8.11. The second-order valence-electron chi connectivity index (χ2n) is 2.42. The highest BCUT2D eigenvalue weighted by Gasteiger charge is 2.08. The highest BCUT2D eigenvalue weighted by atomic mass is 79.9. The summed E-state index contributed by atoms with van der Waals surface area (Å²) >= 11 is 4.99. The van der Waals surface area contributed by atoms with Gasteiger partial charge in [-0.1, -0.05) is 11.3 Å². The van der Waals surface area contributed by atoms with Crippen LogP contribution >= 0.6 is 27.3 Å². The van der Waals surface area contributed by atoms with E-state index >= 15 is 0 Å². The number of methoxy groups -OCH3 is 1. The average molecular weight is 259 g/mol. The van der Waals surface area contributed by atoms with E-state index in [4.69, 9.17) is 4.74 Å². The van der Waals surface area contributed by atoms with Crippen molar-refractivity contribution in [2.24, 2.45) is 0 Å². The molecule has 2 rings (SSSR count). The maximum atomic E-state index is 5.16. The van der Waals surface area contributed by atoms with Crippen molar-refractivity contribution in [2.75, 3.05) is 7.11 Å². The van der Waals surface area contributed by atoms with Gasteiger partial charge in [0.05, 0.1) is 34.7 Å². The Kier molecular flexibility index (Phi) is 2.37. The number of rotatable bonds is 2. The van der Waals surface area contributed by atoms with Gasteiger partial charge in [-0.05, 0) is 22.0 Å². The van der Waals surface area contributed by atoms with Gasteiger partial charge in [-0.15, -0.1) is 0 Å². The molecule has 0 saturated heterocycles. The molecule has 0 radical (unpaired) electrons. The fourth-order valence-corrected chi connectivity index (χ4v) is 2.64. The minimum atomic E-state index is 0.879. The molecule has 0 amide bonds. The van der Waals surface area contributed by atoms with Gasteiger partial charge < -0.3 is 9.72 Å². The lowest BCUT2D eigenvalue weighted by Gasteiger charge is -1.91. The average Bonchev–Trinajstić information content (AvgIpc) is 2.71. The third kappa shape index (κ3) is 1.62. The van der Waals surface area contributed by atoms with Gasteiger partial charge in [0.15, 0.2) is 5.06 Å². The second kappa shape index (κ2) is 3.51. The van der Waals surface area contributed by atoms with Crippen LogP contribution in [0.5, 0.6) is 5.06 Å². The summed E-state index contributed by atoms with van der Waals surface area (Å²) in [6, 6.07) is 2.01. The summed E-state index contributed by atoms with van der Waals surface area (Å²) in [5.74, 6) is 0. The third-order valence-electron chi connectivity index (χ3n) is 1.60. The molecule has 0 unspecified atom stereocenters. The fourth-order valence-electron chi connectivity index (χ4n) is 1.01. The molecular formula is C8H7BrN2OS. The Balaban J connectivity index is 2.43. The number of ether oxygens (including phenoxy) is 1. The van der Waals surface area contributed by atoms with E-state index in [0.29, 0.717) is 0 Å². The van der Waals surface area contributed by atoms with E-state index in [-0.39, 0.29) is 0 Å². The Labute approximate surface area is 87.9 Å². The van der Waals surface area contributed by atoms with Gasteiger partial charge in [0, 0.05) is 0 Å². The minimum Gasteiger partial charge on any atom is -0.486 e. The molecule has 0 spiro atoms. The molecule has 68 valence electrons. The fraction of sp³-hybridized carbons (Fsp3) is 0.125. The number of hydrogen-bond acceptors (Lipinski definition) is 3. The molecule has 0 aromatic carbocycles. The van der Waals surface area contributed by atoms with Crippen molar-refractivity contribution in [3.8, 4) is 15.6 Å². The van der Waals surface area contributed by atoms with Crippen molar-refractivity contribution in [1.82, 2.24) is 9.97 Å². The first-order chi connectivity index (χ1) is 6.31. The number of H-pyrrole nitrogens is 1. The first kappa shape index (κ1) is 8.77. The van der Waals surface area contributed by atoms with Crippen LogP contribution in [0.3, 0.4) is 0 Å². The van der Waals surface area contributed by atoms with Gasteiger partial charge in [0.25, 0.3) is 0 Å². The minimum absolute atomic E-state index is 0.879. The van der Waals surface area contributed by atoms with E-state index in [2.05, 4.69) is 25.9 Å². The lowest BCUT2D eigenvalue weighted by Crippen LogP contribution is -1.75. The number of thiophene rings is 1. The van der Waals surface area contributed by atoms with Crippen molar-refractivity contribution in [1.29, 1.82) is 0 Å². The Hall–Kier alpha value is -0.810. The van der Waals surface area contributed by atoms with Gasteiger partial charge in [-0.2, -0.15) is 0 Å². The molecule has 2 aromatic heterocycles. The smallest absolute Gasteiger partial charge is 0.188 e. The normalized spacial score (nSPS) is 10.3. The van der Waals surface area contributed by atoms with Crippen LogP contribution in [0, 0.1) is 0 Å². The van der Waals surface area contributed by atoms with Gasteiger partial charge in [0.1, 0.15) is 0 Å². The second-order valence-corrected chi connectivity index (χ2v) is 4.28. The summed E-state index contributed by atoms with van der Waals surface area (Å²) < 4.78 is 6.14. The van der Waals surface area contributed by atoms with Crippen LogP contribution in [0.1, 0.15) is 0 Å². The predicted molar refractivity (Wildman–Crippen MR) is 56.2 cm³/mol. The Bertz CT molecular complexity index is 396. The molecule has 2 aromatic rings. The van der Waals surface area contributed by atoms with E-state index < -0.39 is 0 Å². The largest absolute Gasteiger partial charge is 0.486 e. The number of halogens is 1. The number of aromatic amines is 1. The van der Waals surface area contributed by atoms with E-state index in [1.807, 2.05) is 6.07 Å². The lowest BCUT2D eigenvalue weighted by molar-refractivity contribution is 0.425. The number of nitrogens with zero attached hydrogens (tertiary/aromatic N) is 1. The van der Waals surface area contributed by atoms with Crippen LogP contribution in [0.25, 0.3) is 10.6 Å². The van der Waals surface area contributed by atoms with Crippen LogP contribution < -0.4 is 4.74 Å². The molecule has 0 aliphatic rings. The first-order valence-corrected chi connectivity index (χ1v) is 5.24. The zero-order valence-electron chi connectivity index (χ0n) is 6.87. The topological polar surface area (TPSA) is 37.9 Å². The van der Waals surface area contributed by atoms with Crippen LogP contribution in [0.15, 0.2) is 23.1 Å². The standard InChI is InChI=1S/C8H7BrN2OS/c1-12-8-5(9)2-7(13-8)6-3-10-4-11-6/h2-4H,1H3,(H,10,11). The molecule has 0 aliphatic heterocycles. The quantitative estimate of drug-likeness (QED) is 0.900. The Morgan fingerprint density at radius 3 is 3.00 bits per heavy atom. The molecule has 2 heterocycles. The van der Waals surface area contributed by atoms with Crippen LogP contribution in [-0.4, -0.2) is 17.1 Å². The molecule has 0 fully saturated rings. The van der Waals surface area contributed by atoms with E-state index in [1.54, 1.807) is 31.0 Å². The summed E-state index contributed by atoms with van der Waals surface area (Å²) in [7, 11) is 1.66. The molecule has 0 aliphatic carbocycles. The molecule has 13 heavy (non-hydrogen) atoms. The van der Waals surface area contributed by atoms with Gasteiger partial charge in [-0.25, -0.2) is 4.98 Å². The van der Waals surface area contributed by atoms with Crippen LogP contribution in [0.2, 0.25) is 0 Å². The highest BCUT2D eigenvalue weighted by molar-refractivity contribution is 9.10. The Morgan fingerprint density at radius 2 is 2.46 bits per heavy atom. The monoisotopic (exact) mass is 258 g/mol. The predicted octanol–water partition coefficient (Wildman–Crippen LogP) is 2.91. The lowest BCUT2D eigenvalue weighted by atomic mass is 10.4. The van der Waals surface area contributed by atoms with Crippen LogP contribution in [-0.2, 0) is 0 Å². The first-order valence-electron chi connectivity index (χ1n) is 3.63. The molecule has 5 heteroatoms. The van der Waals surface area contributed by atoms with E-state index in [1.165, 1.54) is 0 Å². The van der Waals surface area contributed by atoms with Gasteiger partial charge >= 0.3 is 0 Å². The maximum Gasteiger partial charge on any atom is 0.188 e. The molecule has 0 atom stereocenters. The molecular weight excluding hydrogens is 252 g/mol. The number of hydrogen-bond donors (Lipinski definition) is 1. The summed E-state index contributed by atoms with van der Waals surface area (Å²) in [6.07, 6.45) is 3.45. The summed E-state index contributed by atoms with van der Waals surface area (Å²) in [6.45, 7) is 0. The molecule has 1 N–H and O–H groups in total. The molecule has 3 nitrogen and oxygen atoms in total. The third-order valence-corrected chi connectivity index (χ3v) is 3.59. The van der Waals surface area contributed by atoms with Crippen molar-refractivity contribution in [2.45, 2.75) is 0 Å².